The summed E-state index contributed by atoms with van der Waals surface area (Å²) in [4.78, 5) is 28.0. The van der Waals surface area contributed by atoms with Crippen molar-refractivity contribution in [1.29, 1.82) is 0 Å². The highest BCUT2D eigenvalue weighted by Gasteiger charge is 2.32. The minimum Gasteiger partial charge on any atom is -0.352 e. The molecular weight excluding hydrogens is 403 g/mol. The number of carbonyl (C=O) groups excluding carboxylic acids is 2. The molecule has 0 spiro atoms. The van der Waals surface area contributed by atoms with Gasteiger partial charge in [0.1, 0.15) is 5.69 Å². The third kappa shape index (κ3) is 5.64. The molecule has 29 heavy (non-hydrogen) atoms. The van der Waals surface area contributed by atoms with Gasteiger partial charge in [-0.3, -0.25) is 9.59 Å². The Hall–Kier alpha value is -3.20. The standard InChI is InChI=1S/C20H16F3N3O2S/c21-20(22,23)16-4-2-1-3-14(16)10-24-18(27)9-13-5-7-15(8-6-13)26-19(28)17-11-29-12-25-17/h1-8,11-12H,9-10H2,(H,24,27)(H,26,28). The first-order chi connectivity index (χ1) is 13.8. The topological polar surface area (TPSA) is 71.1 Å². The van der Waals surface area contributed by atoms with E-state index in [0.29, 0.717) is 16.9 Å². The zero-order chi connectivity index (χ0) is 20.9. The summed E-state index contributed by atoms with van der Waals surface area (Å²) >= 11 is 1.31. The van der Waals surface area contributed by atoms with Crippen molar-refractivity contribution in [2.24, 2.45) is 0 Å². The monoisotopic (exact) mass is 419 g/mol. The van der Waals surface area contributed by atoms with Crippen LogP contribution in [0.3, 0.4) is 0 Å². The third-order valence-corrected chi connectivity index (χ3v) is 4.63. The maximum atomic E-state index is 13.0. The Morgan fingerprint density at radius 1 is 1.03 bits per heavy atom. The molecule has 9 heteroatoms. The minimum atomic E-state index is -4.47. The number of nitrogens with zero attached hydrogens (tertiary/aromatic N) is 1. The number of amides is 2. The Bertz CT molecular complexity index is 987. The molecule has 0 saturated carbocycles. The summed E-state index contributed by atoms with van der Waals surface area (Å²) in [5.41, 5.74) is 2.33. The fraction of sp³-hybridized carbons (Fsp3) is 0.150. The summed E-state index contributed by atoms with van der Waals surface area (Å²) in [7, 11) is 0. The van der Waals surface area contributed by atoms with Crippen LogP contribution in [0, 0.1) is 0 Å². The summed E-state index contributed by atoms with van der Waals surface area (Å²) in [6.45, 7) is -0.212. The summed E-state index contributed by atoms with van der Waals surface area (Å²) in [6.07, 6.45) is -4.46. The molecule has 2 amide bonds. The minimum absolute atomic E-state index is 0.00782. The van der Waals surface area contributed by atoms with Crippen molar-refractivity contribution >= 4 is 28.8 Å². The molecule has 0 bridgehead atoms. The SMILES string of the molecule is O=C(Cc1ccc(NC(=O)c2cscn2)cc1)NCc1ccccc1C(F)(F)F. The Morgan fingerprint density at radius 3 is 2.41 bits per heavy atom. The molecule has 0 unspecified atom stereocenters. The second kappa shape index (κ2) is 8.87. The third-order valence-electron chi connectivity index (χ3n) is 4.04. The summed E-state index contributed by atoms with van der Waals surface area (Å²) in [6, 6.07) is 11.7. The molecule has 1 aromatic heterocycles. The van der Waals surface area contributed by atoms with Crippen molar-refractivity contribution < 1.29 is 22.8 Å². The van der Waals surface area contributed by atoms with E-state index in [2.05, 4.69) is 15.6 Å². The van der Waals surface area contributed by atoms with Crippen LogP contribution in [0.2, 0.25) is 0 Å². The van der Waals surface area contributed by atoms with Gasteiger partial charge in [0, 0.05) is 17.6 Å². The van der Waals surface area contributed by atoms with Crippen LogP contribution in [0.15, 0.2) is 59.4 Å². The van der Waals surface area contributed by atoms with E-state index in [9.17, 15) is 22.8 Å². The molecule has 0 radical (unpaired) electrons. The molecule has 0 atom stereocenters. The number of thiazole rings is 1. The van der Waals surface area contributed by atoms with Gasteiger partial charge in [-0.05, 0) is 29.3 Å². The van der Waals surface area contributed by atoms with Crippen LogP contribution in [-0.4, -0.2) is 16.8 Å². The number of carbonyl (C=O) groups is 2. The van der Waals surface area contributed by atoms with Crippen molar-refractivity contribution in [3.8, 4) is 0 Å². The van der Waals surface area contributed by atoms with Gasteiger partial charge < -0.3 is 10.6 Å². The van der Waals surface area contributed by atoms with Crippen molar-refractivity contribution in [1.82, 2.24) is 10.3 Å². The molecule has 0 saturated heterocycles. The van der Waals surface area contributed by atoms with Gasteiger partial charge in [0.25, 0.3) is 5.91 Å². The van der Waals surface area contributed by atoms with Crippen LogP contribution in [0.1, 0.15) is 27.2 Å². The number of benzene rings is 2. The quantitative estimate of drug-likeness (QED) is 0.627. The molecule has 1 heterocycles. The Balaban J connectivity index is 1.54. The molecule has 3 rings (SSSR count). The average Bonchev–Trinajstić information content (AvgIpc) is 3.22. The molecular formula is C20H16F3N3O2S. The van der Waals surface area contributed by atoms with E-state index < -0.39 is 17.6 Å². The molecule has 0 aliphatic carbocycles. The maximum Gasteiger partial charge on any atom is 0.416 e. The largest absolute Gasteiger partial charge is 0.416 e. The van der Waals surface area contributed by atoms with Crippen molar-refractivity contribution in [2.45, 2.75) is 19.1 Å². The number of nitrogens with one attached hydrogen (secondary N) is 2. The van der Waals surface area contributed by atoms with Crippen LogP contribution in [0.5, 0.6) is 0 Å². The second-order valence-corrected chi connectivity index (χ2v) is 6.85. The van der Waals surface area contributed by atoms with Crippen LogP contribution in [0.4, 0.5) is 18.9 Å². The zero-order valence-corrected chi connectivity index (χ0v) is 15.8. The van der Waals surface area contributed by atoms with Crippen molar-refractivity contribution in [3.05, 3.63) is 81.8 Å². The summed E-state index contributed by atoms with van der Waals surface area (Å²) in [5.74, 6) is -0.735. The smallest absolute Gasteiger partial charge is 0.352 e. The van der Waals surface area contributed by atoms with Crippen LogP contribution < -0.4 is 10.6 Å². The lowest BCUT2D eigenvalue weighted by Gasteiger charge is -2.13. The first-order valence-electron chi connectivity index (χ1n) is 8.53. The fourth-order valence-electron chi connectivity index (χ4n) is 2.62. The molecule has 0 fully saturated rings. The Morgan fingerprint density at radius 2 is 1.76 bits per heavy atom. The van der Waals surface area contributed by atoms with E-state index in [1.165, 1.54) is 29.5 Å². The Labute approximate surface area is 168 Å². The fourth-order valence-corrected chi connectivity index (χ4v) is 3.15. The number of rotatable bonds is 6. The first kappa shape index (κ1) is 20.5. The molecule has 0 aliphatic heterocycles. The van der Waals surface area contributed by atoms with Gasteiger partial charge in [-0.2, -0.15) is 13.2 Å². The molecule has 2 aromatic carbocycles. The van der Waals surface area contributed by atoms with E-state index >= 15 is 0 Å². The highest BCUT2D eigenvalue weighted by molar-refractivity contribution is 7.07. The molecule has 5 nitrogen and oxygen atoms in total. The van der Waals surface area contributed by atoms with Gasteiger partial charge in [0.2, 0.25) is 5.91 Å². The average molecular weight is 419 g/mol. The van der Waals surface area contributed by atoms with Gasteiger partial charge >= 0.3 is 6.18 Å². The van der Waals surface area contributed by atoms with E-state index in [1.54, 1.807) is 35.2 Å². The number of hydrogen-bond acceptors (Lipinski definition) is 4. The molecule has 150 valence electrons. The normalized spacial score (nSPS) is 11.1. The number of hydrogen-bond donors (Lipinski definition) is 2. The number of alkyl halides is 3. The summed E-state index contributed by atoms with van der Waals surface area (Å²) < 4.78 is 39.0. The van der Waals surface area contributed by atoms with Gasteiger partial charge in [-0.15, -0.1) is 11.3 Å². The molecule has 2 N–H and O–H groups in total. The van der Waals surface area contributed by atoms with Gasteiger partial charge in [-0.25, -0.2) is 4.98 Å². The van der Waals surface area contributed by atoms with Crippen LogP contribution in [-0.2, 0) is 23.9 Å². The summed E-state index contributed by atoms with van der Waals surface area (Å²) in [5, 5.41) is 6.83. The second-order valence-electron chi connectivity index (χ2n) is 6.13. The highest BCUT2D eigenvalue weighted by atomic mass is 32.1. The lowest BCUT2D eigenvalue weighted by atomic mass is 10.1. The van der Waals surface area contributed by atoms with E-state index in [-0.39, 0.29) is 24.4 Å². The number of anilines is 1. The van der Waals surface area contributed by atoms with Crippen molar-refractivity contribution in [3.63, 3.8) is 0 Å². The Kier molecular flexibility index (Phi) is 6.28. The van der Waals surface area contributed by atoms with E-state index in [0.717, 1.165) is 6.07 Å². The first-order valence-corrected chi connectivity index (χ1v) is 9.47. The maximum absolute atomic E-state index is 13.0. The molecule has 3 aromatic rings. The van der Waals surface area contributed by atoms with Gasteiger partial charge in [-0.1, -0.05) is 30.3 Å². The van der Waals surface area contributed by atoms with Crippen molar-refractivity contribution in [2.75, 3.05) is 5.32 Å². The predicted octanol–water partition coefficient (Wildman–Crippen LogP) is 4.27. The lowest BCUT2D eigenvalue weighted by molar-refractivity contribution is -0.138. The zero-order valence-electron chi connectivity index (χ0n) is 15.0. The van der Waals surface area contributed by atoms with Gasteiger partial charge in [0.05, 0.1) is 17.5 Å². The molecule has 0 aliphatic rings. The lowest BCUT2D eigenvalue weighted by Crippen LogP contribution is -2.26. The predicted molar refractivity (Wildman–Crippen MR) is 104 cm³/mol. The van der Waals surface area contributed by atoms with E-state index in [1.807, 2.05) is 0 Å². The number of aromatic nitrogens is 1. The van der Waals surface area contributed by atoms with Gasteiger partial charge in [0.15, 0.2) is 0 Å². The van der Waals surface area contributed by atoms with Crippen LogP contribution >= 0.6 is 11.3 Å². The highest BCUT2D eigenvalue weighted by Crippen LogP contribution is 2.31. The van der Waals surface area contributed by atoms with E-state index in [4.69, 9.17) is 0 Å². The number of halogens is 3. The van der Waals surface area contributed by atoms with Crippen LogP contribution in [0.25, 0.3) is 0 Å².